The summed E-state index contributed by atoms with van der Waals surface area (Å²) >= 11 is 0. The predicted octanol–water partition coefficient (Wildman–Crippen LogP) is 3.62. The van der Waals surface area contributed by atoms with Gasteiger partial charge in [0.05, 0.1) is 7.11 Å². The van der Waals surface area contributed by atoms with Gasteiger partial charge in [-0.3, -0.25) is 9.59 Å². The Balaban J connectivity index is 1.35. The van der Waals surface area contributed by atoms with E-state index in [9.17, 15) is 9.59 Å². The van der Waals surface area contributed by atoms with E-state index in [0.29, 0.717) is 11.5 Å². The quantitative estimate of drug-likeness (QED) is 0.604. The van der Waals surface area contributed by atoms with Crippen molar-refractivity contribution in [1.29, 1.82) is 0 Å². The molecule has 7 heteroatoms. The van der Waals surface area contributed by atoms with Crippen LogP contribution in [0.5, 0.6) is 17.2 Å². The van der Waals surface area contributed by atoms with E-state index < -0.39 is 0 Å². The van der Waals surface area contributed by atoms with E-state index in [1.54, 1.807) is 13.2 Å². The summed E-state index contributed by atoms with van der Waals surface area (Å²) in [5.74, 6) is 1.61. The SMILES string of the molecule is COc1cc(C)ccc1OCC(=O)NC1CCC(NC(=O)COc2ccc(C)cc2C)CC1. The summed E-state index contributed by atoms with van der Waals surface area (Å²) in [6.07, 6.45) is 3.24. The Morgan fingerprint density at radius 2 is 1.24 bits per heavy atom. The number of carbonyl (C=O) groups is 2. The minimum Gasteiger partial charge on any atom is -0.493 e. The molecule has 0 saturated heterocycles. The number of aryl methyl sites for hydroxylation is 3. The Bertz CT molecular complexity index is 967. The Morgan fingerprint density at radius 3 is 1.76 bits per heavy atom. The molecular formula is C26H34N2O5. The highest BCUT2D eigenvalue weighted by Crippen LogP contribution is 2.27. The Labute approximate surface area is 195 Å². The lowest BCUT2D eigenvalue weighted by Gasteiger charge is -2.29. The van der Waals surface area contributed by atoms with E-state index in [2.05, 4.69) is 10.6 Å². The molecule has 0 aliphatic heterocycles. The van der Waals surface area contributed by atoms with Crippen molar-refractivity contribution in [1.82, 2.24) is 10.6 Å². The number of nitrogens with one attached hydrogen (secondary N) is 2. The van der Waals surface area contributed by atoms with Gasteiger partial charge in [-0.25, -0.2) is 0 Å². The number of hydrogen-bond donors (Lipinski definition) is 2. The van der Waals surface area contributed by atoms with Gasteiger partial charge in [-0.2, -0.15) is 0 Å². The normalized spacial score (nSPS) is 17.7. The smallest absolute Gasteiger partial charge is 0.258 e. The predicted molar refractivity (Wildman–Crippen MR) is 127 cm³/mol. The summed E-state index contributed by atoms with van der Waals surface area (Å²) in [4.78, 5) is 24.6. The van der Waals surface area contributed by atoms with E-state index >= 15 is 0 Å². The van der Waals surface area contributed by atoms with Gasteiger partial charge in [0.2, 0.25) is 0 Å². The van der Waals surface area contributed by atoms with Crippen molar-refractivity contribution >= 4 is 11.8 Å². The number of hydrogen-bond acceptors (Lipinski definition) is 5. The van der Waals surface area contributed by atoms with E-state index in [0.717, 1.165) is 48.1 Å². The van der Waals surface area contributed by atoms with Crippen molar-refractivity contribution < 1.29 is 23.8 Å². The third kappa shape index (κ3) is 7.41. The van der Waals surface area contributed by atoms with Crippen LogP contribution in [0.15, 0.2) is 36.4 Å². The van der Waals surface area contributed by atoms with Crippen LogP contribution < -0.4 is 24.8 Å². The second-order valence-electron chi connectivity index (χ2n) is 8.68. The van der Waals surface area contributed by atoms with Crippen molar-refractivity contribution in [3.8, 4) is 17.2 Å². The van der Waals surface area contributed by atoms with Gasteiger partial charge in [-0.15, -0.1) is 0 Å². The second kappa shape index (κ2) is 11.6. The molecule has 0 aromatic heterocycles. The molecule has 0 unspecified atom stereocenters. The minimum atomic E-state index is -0.160. The van der Waals surface area contributed by atoms with E-state index in [-0.39, 0.29) is 37.1 Å². The number of ether oxygens (including phenoxy) is 3. The lowest BCUT2D eigenvalue weighted by molar-refractivity contribution is -0.125. The first kappa shape index (κ1) is 24.4. The molecule has 33 heavy (non-hydrogen) atoms. The highest BCUT2D eigenvalue weighted by molar-refractivity contribution is 5.78. The summed E-state index contributed by atoms with van der Waals surface area (Å²) < 4.78 is 16.6. The number of benzene rings is 2. The fourth-order valence-electron chi connectivity index (χ4n) is 4.06. The second-order valence-corrected chi connectivity index (χ2v) is 8.68. The van der Waals surface area contributed by atoms with Gasteiger partial charge < -0.3 is 24.8 Å². The lowest BCUT2D eigenvalue weighted by Crippen LogP contribution is -2.45. The topological polar surface area (TPSA) is 85.9 Å². The Morgan fingerprint density at radius 1 is 0.758 bits per heavy atom. The molecule has 0 radical (unpaired) electrons. The van der Waals surface area contributed by atoms with Gasteiger partial charge in [0.1, 0.15) is 5.75 Å². The van der Waals surface area contributed by atoms with Crippen LogP contribution in [0.2, 0.25) is 0 Å². The maximum absolute atomic E-state index is 12.3. The van der Waals surface area contributed by atoms with Crippen molar-refractivity contribution in [2.75, 3.05) is 20.3 Å². The highest BCUT2D eigenvalue weighted by atomic mass is 16.5. The molecule has 1 aliphatic rings. The molecule has 1 fully saturated rings. The Hall–Kier alpha value is -3.22. The molecule has 3 rings (SSSR count). The van der Waals surface area contributed by atoms with Gasteiger partial charge in [0, 0.05) is 12.1 Å². The molecule has 2 N–H and O–H groups in total. The number of rotatable bonds is 9. The molecule has 0 spiro atoms. The number of carbonyl (C=O) groups excluding carboxylic acids is 2. The monoisotopic (exact) mass is 454 g/mol. The van der Waals surface area contributed by atoms with Crippen molar-refractivity contribution in [2.24, 2.45) is 0 Å². The average molecular weight is 455 g/mol. The van der Waals surface area contributed by atoms with E-state index in [1.807, 2.05) is 51.1 Å². The van der Waals surface area contributed by atoms with Gasteiger partial charge >= 0.3 is 0 Å². The van der Waals surface area contributed by atoms with Crippen molar-refractivity contribution in [3.05, 3.63) is 53.1 Å². The largest absolute Gasteiger partial charge is 0.493 e. The molecule has 7 nitrogen and oxygen atoms in total. The fourth-order valence-corrected chi connectivity index (χ4v) is 4.06. The third-order valence-electron chi connectivity index (χ3n) is 5.82. The van der Waals surface area contributed by atoms with Crippen LogP contribution in [0.25, 0.3) is 0 Å². The summed E-state index contributed by atoms with van der Waals surface area (Å²) in [5, 5.41) is 6.07. The minimum absolute atomic E-state index is 0.000374. The maximum Gasteiger partial charge on any atom is 0.258 e. The molecule has 2 aromatic carbocycles. The standard InChI is InChI=1S/C26H34N2O5/c1-17-5-11-22(19(3)13-17)32-15-25(29)27-20-7-9-21(10-8-20)28-26(30)16-33-23-12-6-18(2)14-24(23)31-4/h5-6,11-14,20-21H,7-10,15-16H2,1-4H3,(H,27,29)(H,28,30). The molecule has 1 saturated carbocycles. The van der Waals surface area contributed by atoms with Gasteiger partial charge in [-0.05, 0) is 75.8 Å². The molecule has 1 aliphatic carbocycles. The molecule has 0 heterocycles. The Kier molecular flexibility index (Phi) is 8.58. The third-order valence-corrected chi connectivity index (χ3v) is 5.82. The van der Waals surface area contributed by atoms with Crippen molar-refractivity contribution in [2.45, 2.75) is 58.5 Å². The van der Waals surface area contributed by atoms with E-state index in [4.69, 9.17) is 14.2 Å². The molecular weight excluding hydrogens is 420 g/mol. The zero-order valence-corrected chi connectivity index (χ0v) is 19.9. The van der Waals surface area contributed by atoms with Gasteiger partial charge in [-0.1, -0.05) is 23.8 Å². The zero-order valence-electron chi connectivity index (χ0n) is 19.9. The van der Waals surface area contributed by atoms with Crippen LogP contribution in [0.1, 0.15) is 42.4 Å². The van der Waals surface area contributed by atoms with Crippen LogP contribution >= 0.6 is 0 Å². The van der Waals surface area contributed by atoms with Crippen LogP contribution in [-0.4, -0.2) is 44.2 Å². The molecule has 2 amide bonds. The summed E-state index contributed by atoms with van der Waals surface area (Å²) in [6.45, 7) is 5.90. The summed E-state index contributed by atoms with van der Waals surface area (Å²) in [6, 6.07) is 11.7. The lowest BCUT2D eigenvalue weighted by atomic mass is 9.91. The fraction of sp³-hybridized carbons (Fsp3) is 0.462. The molecule has 0 atom stereocenters. The van der Waals surface area contributed by atoms with Crippen molar-refractivity contribution in [3.63, 3.8) is 0 Å². The van der Waals surface area contributed by atoms with E-state index in [1.165, 1.54) is 0 Å². The average Bonchev–Trinajstić information content (AvgIpc) is 2.79. The van der Waals surface area contributed by atoms with Crippen LogP contribution in [-0.2, 0) is 9.59 Å². The van der Waals surface area contributed by atoms with Crippen LogP contribution in [0.3, 0.4) is 0 Å². The highest BCUT2D eigenvalue weighted by Gasteiger charge is 2.24. The maximum atomic E-state index is 12.3. The van der Waals surface area contributed by atoms with Crippen LogP contribution in [0.4, 0.5) is 0 Å². The zero-order chi connectivity index (χ0) is 23.8. The summed E-state index contributed by atoms with van der Waals surface area (Å²) in [5.41, 5.74) is 3.24. The first-order valence-electron chi connectivity index (χ1n) is 11.4. The molecule has 178 valence electrons. The van der Waals surface area contributed by atoms with Gasteiger partial charge in [0.15, 0.2) is 24.7 Å². The molecule has 2 aromatic rings. The summed E-state index contributed by atoms with van der Waals surface area (Å²) in [7, 11) is 1.58. The number of methoxy groups -OCH3 is 1. The van der Waals surface area contributed by atoms with Crippen LogP contribution in [0, 0.1) is 20.8 Å². The number of amides is 2. The van der Waals surface area contributed by atoms with Gasteiger partial charge in [0.25, 0.3) is 11.8 Å². The molecule has 0 bridgehead atoms. The first-order valence-corrected chi connectivity index (χ1v) is 11.4. The first-order chi connectivity index (χ1) is 15.8.